The van der Waals surface area contributed by atoms with E-state index in [9.17, 15) is 4.79 Å². The minimum absolute atomic E-state index is 0.0382. The number of unbranched alkanes of at least 4 members (excludes halogenated alkanes) is 8. The second-order valence-electron chi connectivity index (χ2n) is 9.21. The minimum atomic E-state index is 0.0382. The molecular formula is C29H47ClO2S. The average Bonchev–Trinajstić information content (AvgIpc) is 2.83. The van der Waals surface area contributed by atoms with Gasteiger partial charge in [-0.15, -0.1) is 11.6 Å². The van der Waals surface area contributed by atoms with Crippen molar-refractivity contribution < 1.29 is 9.53 Å². The van der Waals surface area contributed by atoms with Crippen molar-refractivity contribution in [2.24, 2.45) is 11.8 Å². The van der Waals surface area contributed by atoms with Crippen LogP contribution in [0.1, 0.15) is 108 Å². The number of thiol groups is 1. The number of hydrogen-bond acceptors (Lipinski definition) is 3. The fraction of sp³-hybridized carbons (Fsp3) is 0.690. The largest absolute Gasteiger partial charge is 0.493 e. The first-order valence-corrected chi connectivity index (χ1v) is 14.3. The van der Waals surface area contributed by atoms with Gasteiger partial charge in [0.15, 0.2) is 5.78 Å². The molecule has 2 unspecified atom stereocenters. The number of rotatable bonds is 21. The van der Waals surface area contributed by atoms with Gasteiger partial charge in [-0.25, -0.2) is 0 Å². The van der Waals surface area contributed by atoms with E-state index in [0.717, 1.165) is 18.6 Å². The zero-order chi connectivity index (χ0) is 24.2. The molecule has 188 valence electrons. The Labute approximate surface area is 214 Å². The van der Waals surface area contributed by atoms with Crippen molar-refractivity contribution >= 4 is 30.0 Å². The molecule has 0 aliphatic heterocycles. The molecule has 2 atom stereocenters. The highest BCUT2D eigenvalue weighted by molar-refractivity contribution is 7.80. The molecule has 0 amide bonds. The zero-order valence-corrected chi connectivity index (χ0v) is 22.7. The number of halogens is 1. The first-order valence-electron chi connectivity index (χ1n) is 13.2. The number of ketones is 1. The summed E-state index contributed by atoms with van der Waals surface area (Å²) in [4.78, 5) is 11.9. The molecule has 0 N–H and O–H groups in total. The van der Waals surface area contributed by atoms with Crippen LogP contribution in [0.2, 0.25) is 0 Å². The van der Waals surface area contributed by atoms with E-state index in [4.69, 9.17) is 16.3 Å². The summed E-state index contributed by atoms with van der Waals surface area (Å²) in [6.07, 6.45) is 21.1. The molecule has 0 heterocycles. The van der Waals surface area contributed by atoms with Gasteiger partial charge in [0, 0.05) is 11.8 Å². The van der Waals surface area contributed by atoms with E-state index >= 15 is 0 Å². The SMILES string of the molecule is CCCCCCCC/C=C\CCCCC(CCCCl)C(CS)COc1ccccc1C(C)=O. The third kappa shape index (κ3) is 14.2. The Morgan fingerprint density at radius 3 is 2.24 bits per heavy atom. The van der Waals surface area contributed by atoms with Crippen LogP contribution in [0.25, 0.3) is 0 Å². The number of hydrogen-bond donors (Lipinski definition) is 1. The van der Waals surface area contributed by atoms with Gasteiger partial charge >= 0.3 is 0 Å². The van der Waals surface area contributed by atoms with E-state index in [1.165, 1.54) is 70.6 Å². The first-order chi connectivity index (χ1) is 16.1. The molecule has 0 fully saturated rings. The lowest BCUT2D eigenvalue weighted by atomic mass is 9.85. The summed E-state index contributed by atoms with van der Waals surface area (Å²) in [5, 5.41) is 0. The second kappa shape index (κ2) is 20.4. The summed E-state index contributed by atoms with van der Waals surface area (Å²) in [5.74, 6) is 3.12. The van der Waals surface area contributed by atoms with E-state index in [-0.39, 0.29) is 5.78 Å². The Balaban J connectivity index is 2.38. The van der Waals surface area contributed by atoms with Gasteiger partial charge in [-0.1, -0.05) is 76.2 Å². The van der Waals surface area contributed by atoms with E-state index in [1.54, 1.807) is 6.92 Å². The van der Waals surface area contributed by atoms with Crippen molar-refractivity contribution in [3.8, 4) is 5.75 Å². The highest BCUT2D eigenvalue weighted by atomic mass is 35.5. The van der Waals surface area contributed by atoms with Crippen molar-refractivity contribution in [2.45, 2.75) is 97.3 Å². The lowest BCUT2D eigenvalue weighted by Crippen LogP contribution is -2.24. The molecule has 33 heavy (non-hydrogen) atoms. The van der Waals surface area contributed by atoms with Crippen molar-refractivity contribution in [1.29, 1.82) is 0 Å². The molecule has 0 bridgehead atoms. The van der Waals surface area contributed by atoms with Gasteiger partial charge in [0.1, 0.15) is 5.75 Å². The van der Waals surface area contributed by atoms with E-state index in [2.05, 4.69) is 31.7 Å². The smallest absolute Gasteiger partial charge is 0.163 e. The fourth-order valence-electron chi connectivity index (χ4n) is 4.32. The van der Waals surface area contributed by atoms with Crippen LogP contribution in [0.4, 0.5) is 0 Å². The molecule has 0 saturated heterocycles. The topological polar surface area (TPSA) is 26.3 Å². The number of para-hydroxylation sites is 1. The Morgan fingerprint density at radius 2 is 1.58 bits per heavy atom. The predicted octanol–water partition coefficient (Wildman–Crippen LogP) is 9.32. The van der Waals surface area contributed by atoms with E-state index in [1.807, 2.05) is 24.3 Å². The molecule has 1 aromatic carbocycles. The second-order valence-corrected chi connectivity index (χ2v) is 9.95. The van der Waals surface area contributed by atoms with Gasteiger partial charge in [-0.05, 0) is 69.3 Å². The average molecular weight is 495 g/mol. The lowest BCUT2D eigenvalue weighted by Gasteiger charge is -2.26. The maximum absolute atomic E-state index is 11.9. The molecule has 2 nitrogen and oxygen atoms in total. The molecule has 0 saturated carbocycles. The van der Waals surface area contributed by atoms with Gasteiger partial charge in [0.2, 0.25) is 0 Å². The van der Waals surface area contributed by atoms with Gasteiger partial charge < -0.3 is 4.74 Å². The van der Waals surface area contributed by atoms with Crippen LogP contribution in [0.5, 0.6) is 5.75 Å². The monoisotopic (exact) mass is 494 g/mol. The summed E-state index contributed by atoms with van der Waals surface area (Å²) < 4.78 is 6.11. The third-order valence-electron chi connectivity index (χ3n) is 6.42. The standard InChI is InChI=1S/C29H47ClO2S/c1-3-4-5-6-7-8-9-10-11-12-13-14-18-26(19-17-22-30)27(24-33)23-32-29-21-16-15-20-28(29)25(2)31/h10-11,15-16,20-21,26-27,33H,3-9,12-14,17-19,22-24H2,1-2H3/b11-10-. The van der Waals surface area contributed by atoms with Gasteiger partial charge in [-0.3, -0.25) is 4.79 Å². The van der Waals surface area contributed by atoms with E-state index < -0.39 is 0 Å². The lowest BCUT2D eigenvalue weighted by molar-refractivity contribution is 0.101. The Kier molecular flexibility index (Phi) is 18.6. The Hall–Kier alpha value is -0.930. The summed E-state index contributed by atoms with van der Waals surface area (Å²) in [7, 11) is 0. The summed E-state index contributed by atoms with van der Waals surface area (Å²) in [6, 6.07) is 7.52. The summed E-state index contributed by atoms with van der Waals surface area (Å²) in [5.41, 5.74) is 0.653. The molecule has 0 aromatic heterocycles. The van der Waals surface area contributed by atoms with Crippen LogP contribution in [0, 0.1) is 11.8 Å². The van der Waals surface area contributed by atoms with Crippen LogP contribution in [-0.2, 0) is 0 Å². The van der Waals surface area contributed by atoms with Gasteiger partial charge in [0.25, 0.3) is 0 Å². The predicted molar refractivity (Wildman–Crippen MR) is 148 cm³/mol. The van der Waals surface area contributed by atoms with Crippen molar-refractivity contribution in [3.05, 3.63) is 42.0 Å². The summed E-state index contributed by atoms with van der Waals surface area (Å²) >= 11 is 10.6. The maximum atomic E-state index is 11.9. The number of benzene rings is 1. The summed E-state index contributed by atoms with van der Waals surface area (Å²) in [6.45, 7) is 4.45. The molecule has 0 radical (unpaired) electrons. The third-order valence-corrected chi connectivity index (χ3v) is 7.15. The van der Waals surface area contributed by atoms with Gasteiger partial charge in [0.05, 0.1) is 12.2 Å². The fourth-order valence-corrected chi connectivity index (χ4v) is 4.88. The number of ether oxygens (including phenoxy) is 1. The quantitative estimate of drug-likeness (QED) is 0.0605. The van der Waals surface area contributed by atoms with Crippen LogP contribution < -0.4 is 4.74 Å². The molecule has 1 aromatic rings. The molecule has 1 rings (SSSR count). The zero-order valence-electron chi connectivity index (χ0n) is 21.1. The maximum Gasteiger partial charge on any atom is 0.163 e. The number of carbonyl (C=O) groups is 1. The minimum Gasteiger partial charge on any atom is -0.493 e. The van der Waals surface area contributed by atoms with Crippen molar-refractivity contribution in [2.75, 3.05) is 18.2 Å². The molecule has 0 spiro atoms. The molecule has 0 aliphatic rings. The van der Waals surface area contributed by atoms with Crippen molar-refractivity contribution in [3.63, 3.8) is 0 Å². The van der Waals surface area contributed by atoms with Crippen molar-refractivity contribution in [1.82, 2.24) is 0 Å². The Bertz CT molecular complexity index is 646. The van der Waals surface area contributed by atoms with Gasteiger partial charge in [-0.2, -0.15) is 12.6 Å². The van der Waals surface area contributed by atoms with Crippen LogP contribution in [0.15, 0.2) is 36.4 Å². The number of alkyl halides is 1. The number of allylic oxidation sites excluding steroid dienone is 2. The first kappa shape index (κ1) is 30.1. The van der Waals surface area contributed by atoms with Crippen LogP contribution >= 0.6 is 24.2 Å². The Morgan fingerprint density at radius 1 is 0.939 bits per heavy atom. The molecule has 4 heteroatoms. The molecular weight excluding hydrogens is 448 g/mol. The number of Topliss-reactive ketones (excluding diaryl/α,β-unsaturated/α-hetero) is 1. The highest BCUT2D eigenvalue weighted by Gasteiger charge is 2.21. The molecule has 0 aliphatic carbocycles. The highest BCUT2D eigenvalue weighted by Crippen LogP contribution is 2.28. The normalized spacial score (nSPS) is 13.3. The number of carbonyl (C=O) groups excluding carboxylic acids is 1. The van der Waals surface area contributed by atoms with Crippen LogP contribution in [0.3, 0.4) is 0 Å². The van der Waals surface area contributed by atoms with Crippen LogP contribution in [-0.4, -0.2) is 24.0 Å². The van der Waals surface area contributed by atoms with E-state index in [0.29, 0.717) is 35.6 Å².